The van der Waals surface area contributed by atoms with Crippen LogP contribution in [0.2, 0.25) is 0 Å². The van der Waals surface area contributed by atoms with Gasteiger partial charge in [0.2, 0.25) is 0 Å². The van der Waals surface area contributed by atoms with Gasteiger partial charge in [-0.25, -0.2) is 4.39 Å². The Bertz CT molecular complexity index is 177. The van der Waals surface area contributed by atoms with Crippen molar-refractivity contribution < 1.29 is 4.39 Å². The van der Waals surface area contributed by atoms with Crippen LogP contribution in [-0.4, -0.2) is 5.67 Å². The fraction of sp³-hybridized carbons (Fsp3) is 1.00. The Balaban J connectivity index is 1.83. The smallest absolute Gasteiger partial charge is 0.109 e. The molecule has 0 aromatic carbocycles. The Morgan fingerprint density at radius 2 is 1.75 bits per heavy atom. The van der Waals surface area contributed by atoms with Crippen LogP contribution in [0, 0.1) is 17.3 Å². The molecule has 0 atom stereocenters. The molecule has 0 saturated heterocycles. The maximum Gasteiger partial charge on any atom is 0.109 e. The maximum absolute atomic E-state index is 13.2. The van der Waals surface area contributed by atoms with Gasteiger partial charge in [-0.3, -0.25) is 0 Å². The molecule has 70 valence electrons. The Morgan fingerprint density at radius 3 is 2.08 bits per heavy atom. The maximum atomic E-state index is 13.2. The highest BCUT2D eigenvalue weighted by Gasteiger charge is 2.58. The topological polar surface area (TPSA) is 0 Å². The predicted octanol–water partition coefficient (Wildman–Crippen LogP) is 3.56. The minimum absolute atomic E-state index is 0.457. The third-order valence-corrected chi connectivity index (χ3v) is 3.82. The number of hydrogen-bond donors (Lipinski definition) is 0. The lowest BCUT2D eigenvalue weighted by molar-refractivity contribution is -0.139. The van der Waals surface area contributed by atoms with Gasteiger partial charge in [-0.05, 0) is 49.9 Å². The van der Waals surface area contributed by atoms with Gasteiger partial charge in [-0.15, -0.1) is 0 Å². The summed E-state index contributed by atoms with van der Waals surface area (Å²) in [7, 11) is 0. The van der Waals surface area contributed by atoms with Gasteiger partial charge in [0.15, 0.2) is 0 Å². The summed E-state index contributed by atoms with van der Waals surface area (Å²) in [6.07, 6.45) is 4.26. The average Bonchev–Trinajstić information content (AvgIpc) is 1.75. The third-order valence-electron chi connectivity index (χ3n) is 3.82. The van der Waals surface area contributed by atoms with Gasteiger partial charge in [0.05, 0.1) is 0 Å². The van der Waals surface area contributed by atoms with Crippen molar-refractivity contribution in [1.82, 2.24) is 0 Å². The summed E-state index contributed by atoms with van der Waals surface area (Å²) in [4.78, 5) is 0. The van der Waals surface area contributed by atoms with E-state index < -0.39 is 5.67 Å². The van der Waals surface area contributed by atoms with Crippen LogP contribution < -0.4 is 0 Å². The molecule has 0 bridgehead atoms. The highest BCUT2D eigenvalue weighted by molar-refractivity contribution is 5.09. The summed E-state index contributed by atoms with van der Waals surface area (Å²) in [5.41, 5.74) is -0.361. The van der Waals surface area contributed by atoms with Gasteiger partial charge in [-0.1, -0.05) is 13.8 Å². The fourth-order valence-electron chi connectivity index (χ4n) is 3.32. The summed E-state index contributed by atoms with van der Waals surface area (Å²) in [5, 5.41) is 0. The van der Waals surface area contributed by atoms with E-state index in [1.807, 2.05) is 0 Å². The van der Waals surface area contributed by atoms with Crippen LogP contribution in [0.3, 0.4) is 0 Å². The van der Waals surface area contributed by atoms with E-state index in [-0.39, 0.29) is 0 Å². The van der Waals surface area contributed by atoms with Crippen molar-refractivity contribution in [2.75, 3.05) is 0 Å². The highest BCUT2D eigenvalue weighted by Crippen LogP contribution is 2.65. The first-order valence-electron chi connectivity index (χ1n) is 5.11. The Kier molecular flexibility index (Phi) is 1.59. The van der Waals surface area contributed by atoms with Crippen molar-refractivity contribution in [2.24, 2.45) is 17.3 Å². The SMILES string of the molecule is CC(C)C1CC2(C1)CC(C)(F)C2. The minimum atomic E-state index is -0.818. The highest BCUT2D eigenvalue weighted by atomic mass is 19.1. The summed E-state index contributed by atoms with van der Waals surface area (Å²) in [6.45, 7) is 6.32. The van der Waals surface area contributed by atoms with Crippen LogP contribution in [0.15, 0.2) is 0 Å². The fourth-order valence-corrected chi connectivity index (χ4v) is 3.32. The standard InChI is InChI=1S/C11H19F/c1-8(2)9-4-11(5-9)6-10(3,12)7-11/h8-9H,4-7H2,1-3H3. The molecule has 2 rings (SSSR count). The number of hydrogen-bond acceptors (Lipinski definition) is 0. The second-order valence-electron chi connectivity index (χ2n) is 5.68. The zero-order valence-corrected chi connectivity index (χ0v) is 8.36. The third kappa shape index (κ3) is 1.18. The second-order valence-corrected chi connectivity index (χ2v) is 5.68. The van der Waals surface area contributed by atoms with Crippen molar-refractivity contribution in [1.29, 1.82) is 0 Å². The van der Waals surface area contributed by atoms with Crippen LogP contribution in [0.4, 0.5) is 4.39 Å². The molecule has 0 aromatic rings. The summed E-state index contributed by atoms with van der Waals surface area (Å²) >= 11 is 0. The van der Waals surface area contributed by atoms with Gasteiger partial charge in [0.1, 0.15) is 5.67 Å². The molecule has 0 nitrogen and oxygen atoms in total. The van der Waals surface area contributed by atoms with Crippen LogP contribution >= 0.6 is 0 Å². The second kappa shape index (κ2) is 2.24. The summed E-state index contributed by atoms with van der Waals surface area (Å²) in [5.74, 6) is 1.70. The predicted molar refractivity (Wildman–Crippen MR) is 48.7 cm³/mol. The lowest BCUT2D eigenvalue weighted by Gasteiger charge is -2.60. The largest absolute Gasteiger partial charge is 0.244 e. The molecular weight excluding hydrogens is 151 g/mol. The van der Waals surface area contributed by atoms with E-state index in [0.29, 0.717) is 5.41 Å². The van der Waals surface area contributed by atoms with Crippen molar-refractivity contribution in [3.05, 3.63) is 0 Å². The van der Waals surface area contributed by atoms with Gasteiger partial charge < -0.3 is 0 Å². The van der Waals surface area contributed by atoms with Gasteiger partial charge in [-0.2, -0.15) is 0 Å². The van der Waals surface area contributed by atoms with E-state index in [1.165, 1.54) is 12.8 Å². The average molecular weight is 170 g/mol. The molecule has 2 aliphatic carbocycles. The number of rotatable bonds is 1. The molecule has 2 saturated carbocycles. The van der Waals surface area contributed by atoms with E-state index in [9.17, 15) is 4.39 Å². The summed E-state index contributed by atoms with van der Waals surface area (Å²) in [6, 6.07) is 0. The van der Waals surface area contributed by atoms with Gasteiger partial charge in [0.25, 0.3) is 0 Å². The molecule has 2 aliphatic rings. The van der Waals surface area contributed by atoms with E-state index in [0.717, 1.165) is 24.7 Å². The monoisotopic (exact) mass is 170 g/mol. The van der Waals surface area contributed by atoms with Crippen LogP contribution in [0.5, 0.6) is 0 Å². The molecule has 12 heavy (non-hydrogen) atoms. The Morgan fingerprint density at radius 1 is 1.25 bits per heavy atom. The van der Waals surface area contributed by atoms with Crippen molar-refractivity contribution >= 4 is 0 Å². The van der Waals surface area contributed by atoms with Crippen molar-refractivity contribution in [3.63, 3.8) is 0 Å². The molecule has 0 N–H and O–H groups in total. The van der Waals surface area contributed by atoms with Crippen LogP contribution in [-0.2, 0) is 0 Å². The van der Waals surface area contributed by atoms with Crippen LogP contribution in [0.1, 0.15) is 46.5 Å². The van der Waals surface area contributed by atoms with Gasteiger partial charge in [0, 0.05) is 0 Å². The number of alkyl halides is 1. The first kappa shape index (κ1) is 8.52. The van der Waals surface area contributed by atoms with E-state index in [2.05, 4.69) is 13.8 Å². The first-order chi connectivity index (χ1) is 5.43. The molecule has 0 amide bonds. The van der Waals surface area contributed by atoms with Crippen molar-refractivity contribution in [2.45, 2.75) is 52.1 Å². The number of halogens is 1. The molecular formula is C11H19F. The van der Waals surface area contributed by atoms with E-state index >= 15 is 0 Å². The first-order valence-corrected chi connectivity index (χ1v) is 5.11. The van der Waals surface area contributed by atoms with Crippen LogP contribution in [0.25, 0.3) is 0 Å². The quantitative estimate of drug-likeness (QED) is 0.564. The van der Waals surface area contributed by atoms with Gasteiger partial charge >= 0.3 is 0 Å². The molecule has 1 spiro atoms. The van der Waals surface area contributed by atoms with E-state index in [1.54, 1.807) is 6.92 Å². The molecule has 0 aliphatic heterocycles. The lowest BCUT2D eigenvalue weighted by Crippen LogP contribution is -2.55. The normalized spacial score (nSPS) is 52.2. The molecule has 0 radical (unpaired) electrons. The minimum Gasteiger partial charge on any atom is -0.244 e. The molecule has 2 fully saturated rings. The van der Waals surface area contributed by atoms with Crippen molar-refractivity contribution in [3.8, 4) is 0 Å². The molecule has 0 unspecified atom stereocenters. The zero-order valence-electron chi connectivity index (χ0n) is 8.36. The molecule has 0 heterocycles. The molecule has 0 aromatic heterocycles. The van der Waals surface area contributed by atoms with E-state index in [4.69, 9.17) is 0 Å². The molecule has 1 heteroatoms. The Labute approximate surface area is 74.5 Å². The Hall–Kier alpha value is -0.0700. The lowest BCUT2D eigenvalue weighted by atomic mass is 9.46. The zero-order chi connectivity index (χ0) is 8.98. The summed E-state index contributed by atoms with van der Waals surface area (Å²) < 4.78 is 13.2.